The molecule has 1 unspecified atom stereocenters. The van der Waals surface area contributed by atoms with Crippen LogP contribution in [0.3, 0.4) is 0 Å². The van der Waals surface area contributed by atoms with Crippen LogP contribution < -0.4 is 9.47 Å². The third-order valence-corrected chi connectivity index (χ3v) is 7.00. The van der Waals surface area contributed by atoms with E-state index in [2.05, 4.69) is 32.3 Å². The Labute approximate surface area is 166 Å². The molecule has 2 aromatic rings. The van der Waals surface area contributed by atoms with E-state index in [1.54, 1.807) is 6.07 Å². The van der Waals surface area contributed by atoms with Crippen molar-refractivity contribution in [3.05, 3.63) is 47.2 Å². The molecule has 148 valence electrons. The van der Waals surface area contributed by atoms with Crippen LogP contribution in [-0.4, -0.2) is 14.1 Å². The molecule has 1 aromatic heterocycles. The Balaban J connectivity index is 2.55. The summed E-state index contributed by atoms with van der Waals surface area (Å²) in [6, 6.07) is 7.07. The number of hydrogen-bond donors (Lipinski definition) is 0. The smallest absolute Gasteiger partial charge is 0.218 e. The van der Waals surface area contributed by atoms with E-state index in [0.717, 1.165) is 24.9 Å². The van der Waals surface area contributed by atoms with E-state index >= 15 is 4.39 Å². The lowest BCUT2D eigenvalue weighted by atomic mass is 9.58. The molecule has 1 aliphatic rings. The third-order valence-electron chi connectivity index (χ3n) is 7.00. The first-order valence-electron chi connectivity index (χ1n) is 9.88. The summed E-state index contributed by atoms with van der Waals surface area (Å²) in [5.41, 5.74) is 1.33. The summed E-state index contributed by atoms with van der Waals surface area (Å²) in [5, 5.41) is 9.33. The summed E-state index contributed by atoms with van der Waals surface area (Å²) in [5.74, 6) is -1.54. The maximum Gasteiger partial charge on any atom is 0.218 e. The highest BCUT2D eigenvalue weighted by atomic mass is 19.1. The van der Waals surface area contributed by atoms with Crippen molar-refractivity contribution in [1.82, 2.24) is 0 Å². The summed E-state index contributed by atoms with van der Waals surface area (Å²) >= 11 is 0. The van der Waals surface area contributed by atoms with Gasteiger partial charge in [-0.25, -0.2) is 8.78 Å². The Kier molecular flexibility index (Phi) is 4.95. The molecule has 1 aliphatic heterocycles. The molecule has 2 heterocycles. The van der Waals surface area contributed by atoms with Crippen molar-refractivity contribution in [3.8, 4) is 17.3 Å². The van der Waals surface area contributed by atoms with Crippen molar-refractivity contribution in [2.45, 2.75) is 57.9 Å². The van der Waals surface area contributed by atoms with Crippen LogP contribution in [-0.2, 0) is 11.0 Å². The van der Waals surface area contributed by atoms with E-state index in [-0.39, 0.29) is 5.54 Å². The standard InChI is InChI=1S/C23H28F2N3/c1-7-22(4)17-13-18(24)16(14-26)21(25)20(17)19-12-15(27(5)6)10-11-28(19)23(22,8-2)9-3/h10-13H,7-9H2,1-6H3/q+1. The zero-order valence-electron chi connectivity index (χ0n) is 17.5. The lowest BCUT2D eigenvalue weighted by Crippen LogP contribution is -2.69. The average molecular weight is 384 g/mol. The number of anilines is 1. The van der Waals surface area contributed by atoms with E-state index in [4.69, 9.17) is 0 Å². The molecular formula is C23H28F2N3+. The van der Waals surface area contributed by atoms with E-state index in [9.17, 15) is 9.65 Å². The van der Waals surface area contributed by atoms with Crippen LogP contribution in [0.2, 0.25) is 0 Å². The Morgan fingerprint density at radius 1 is 1.11 bits per heavy atom. The van der Waals surface area contributed by atoms with Crippen molar-refractivity contribution in [2.24, 2.45) is 0 Å². The maximum atomic E-state index is 15.5. The van der Waals surface area contributed by atoms with Gasteiger partial charge in [-0.1, -0.05) is 20.8 Å². The molecule has 0 spiro atoms. The highest BCUT2D eigenvalue weighted by Crippen LogP contribution is 2.52. The number of halogens is 2. The molecule has 1 aromatic carbocycles. The topological polar surface area (TPSA) is 30.9 Å². The van der Waals surface area contributed by atoms with Gasteiger partial charge in [0.05, 0.1) is 11.0 Å². The lowest BCUT2D eigenvalue weighted by Gasteiger charge is -2.47. The summed E-state index contributed by atoms with van der Waals surface area (Å²) < 4.78 is 32.3. The third kappa shape index (κ3) is 2.40. The van der Waals surface area contributed by atoms with Gasteiger partial charge >= 0.3 is 0 Å². The van der Waals surface area contributed by atoms with Crippen molar-refractivity contribution >= 4 is 5.69 Å². The van der Waals surface area contributed by atoms with Crippen LogP contribution in [0.15, 0.2) is 24.4 Å². The number of nitriles is 1. The van der Waals surface area contributed by atoms with Gasteiger partial charge in [0.15, 0.2) is 17.6 Å². The Hall–Kier alpha value is -2.48. The van der Waals surface area contributed by atoms with Gasteiger partial charge in [-0.05, 0) is 25.0 Å². The van der Waals surface area contributed by atoms with Gasteiger partial charge in [-0.3, -0.25) is 0 Å². The molecule has 0 aliphatic carbocycles. The predicted molar refractivity (Wildman–Crippen MR) is 107 cm³/mol. The van der Waals surface area contributed by atoms with Gasteiger partial charge in [-0.2, -0.15) is 9.83 Å². The second-order valence-electron chi connectivity index (χ2n) is 8.04. The summed E-state index contributed by atoms with van der Waals surface area (Å²) in [6.45, 7) is 8.43. The number of pyridine rings is 1. The van der Waals surface area contributed by atoms with Crippen molar-refractivity contribution in [1.29, 1.82) is 5.26 Å². The van der Waals surface area contributed by atoms with Gasteiger partial charge in [0.1, 0.15) is 17.4 Å². The summed E-state index contributed by atoms with van der Waals surface area (Å²) in [7, 11) is 3.86. The van der Waals surface area contributed by atoms with E-state index in [1.807, 2.05) is 37.3 Å². The molecular weight excluding hydrogens is 356 g/mol. The number of nitrogens with zero attached hydrogens (tertiary/aromatic N) is 3. The molecule has 0 fully saturated rings. The fraction of sp³-hybridized carbons (Fsp3) is 0.478. The number of hydrogen-bond acceptors (Lipinski definition) is 2. The highest BCUT2D eigenvalue weighted by Gasteiger charge is 2.59. The van der Waals surface area contributed by atoms with Crippen molar-refractivity contribution in [2.75, 3.05) is 19.0 Å². The molecule has 0 saturated heterocycles. The van der Waals surface area contributed by atoms with Crippen molar-refractivity contribution < 1.29 is 13.3 Å². The van der Waals surface area contributed by atoms with E-state index in [1.165, 1.54) is 6.07 Å². The molecule has 0 radical (unpaired) electrons. The minimum absolute atomic E-state index is 0.317. The first-order valence-corrected chi connectivity index (χ1v) is 9.88. The molecule has 28 heavy (non-hydrogen) atoms. The first kappa shape index (κ1) is 20.3. The number of aromatic nitrogens is 1. The van der Waals surface area contributed by atoms with Gasteiger partial charge in [0, 0.05) is 44.8 Å². The van der Waals surface area contributed by atoms with Crippen LogP contribution >= 0.6 is 0 Å². The first-order chi connectivity index (χ1) is 13.2. The van der Waals surface area contributed by atoms with Gasteiger partial charge in [0.25, 0.3) is 0 Å². The Bertz CT molecular complexity index is 971. The zero-order valence-corrected chi connectivity index (χ0v) is 17.5. The Morgan fingerprint density at radius 3 is 2.25 bits per heavy atom. The molecule has 0 amide bonds. The second-order valence-corrected chi connectivity index (χ2v) is 8.04. The largest absolute Gasteiger partial charge is 0.377 e. The maximum absolute atomic E-state index is 15.5. The molecule has 0 saturated carbocycles. The fourth-order valence-corrected chi connectivity index (χ4v) is 5.15. The normalized spacial score (nSPS) is 19.5. The number of benzene rings is 1. The molecule has 0 N–H and O–H groups in total. The van der Waals surface area contributed by atoms with Crippen LogP contribution in [0.5, 0.6) is 0 Å². The van der Waals surface area contributed by atoms with Gasteiger partial charge in [0.2, 0.25) is 5.69 Å². The molecule has 5 heteroatoms. The van der Waals surface area contributed by atoms with Crippen LogP contribution in [0.25, 0.3) is 11.3 Å². The zero-order chi connectivity index (χ0) is 20.9. The quantitative estimate of drug-likeness (QED) is 0.691. The molecule has 0 bridgehead atoms. The lowest BCUT2D eigenvalue weighted by molar-refractivity contribution is -0.769. The SMILES string of the molecule is CCC1(C)c2cc(F)c(C#N)c(F)c2-c2cc(N(C)C)cc[n+]2C1(CC)CC. The molecule has 3 rings (SSSR count). The summed E-state index contributed by atoms with van der Waals surface area (Å²) in [4.78, 5) is 1.96. The molecule has 3 nitrogen and oxygen atoms in total. The van der Waals surface area contributed by atoms with Crippen LogP contribution in [0.1, 0.15) is 58.1 Å². The minimum Gasteiger partial charge on any atom is -0.377 e. The summed E-state index contributed by atoms with van der Waals surface area (Å²) in [6.07, 6.45) is 4.41. The van der Waals surface area contributed by atoms with Gasteiger partial charge < -0.3 is 4.90 Å². The second kappa shape index (κ2) is 6.84. The van der Waals surface area contributed by atoms with Crippen LogP contribution in [0.4, 0.5) is 14.5 Å². The van der Waals surface area contributed by atoms with Crippen molar-refractivity contribution in [3.63, 3.8) is 0 Å². The monoisotopic (exact) mass is 384 g/mol. The fourth-order valence-electron chi connectivity index (χ4n) is 5.15. The number of rotatable bonds is 4. The molecule has 1 atom stereocenters. The van der Waals surface area contributed by atoms with E-state index in [0.29, 0.717) is 16.8 Å². The Morgan fingerprint density at radius 2 is 1.75 bits per heavy atom. The predicted octanol–water partition coefficient (Wildman–Crippen LogP) is 5.05. The average Bonchev–Trinajstić information content (AvgIpc) is 2.68. The van der Waals surface area contributed by atoms with Gasteiger partial charge in [-0.15, -0.1) is 0 Å². The van der Waals surface area contributed by atoms with Crippen LogP contribution in [0, 0.1) is 23.0 Å². The number of fused-ring (bicyclic) bond motifs is 3. The highest BCUT2D eigenvalue weighted by molar-refractivity contribution is 5.71. The minimum atomic E-state index is -0.781. The van der Waals surface area contributed by atoms with E-state index < -0.39 is 22.6 Å².